The highest BCUT2D eigenvalue weighted by atomic mass is 16.2. The topological polar surface area (TPSA) is 128 Å². The zero-order chi connectivity index (χ0) is 31.4. The van der Waals surface area contributed by atoms with Gasteiger partial charge in [0.15, 0.2) is 5.78 Å². The predicted molar refractivity (Wildman–Crippen MR) is 170 cm³/mol. The minimum atomic E-state index is -1.16. The van der Waals surface area contributed by atoms with Gasteiger partial charge in [-0.25, -0.2) is 0 Å². The van der Waals surface area contributed by atoms with E-state index in [-0.39, 0.29) is 18.9 Å². The van der Waals surface area contributed by atoms with E-state index in [4.69, 9.17) is 0 Å². The molecule has 1 aliphatic heterocycles. The number of fused-ring (bicyclic) bond motifs is 2. The summed E-state index contributed by atoms with van der Waals surface area (Å²) in [6.45, 7) is 2.56. The minimum Gasteiger partial charge on any atom is -0.341 e. The molecule has 5 rings (SSSR count). The SMILES string of the molecule is CN[C@@H](C)C(=O)NC1CN(C(=O)c2ccc(C(C)=O)cc2)c2ccccc2N(CC(=O)Nc2cccc3ccccc23)C1=O. The first kappa shape index (κ1) is 30.1. The van der Waals surface area contributed by atoms with Crippen molar-refractivity contribution in [2.24, 2.45) is 0 Å². The van der Waals surface area contributed by atoms with E-state index in [1.54, 1.807) is 68.6 Å². The van der Waals surface area contributed by atoms with Crippen LogP contribution < -0.4 is 25.8 Å². The molecule has 0 radical (unpaired) electrons. The van der Waals surface area contributed by atoms with Crippen molar-refractivity contribution >= 4 is 57.2 Å². The fourth-order valence-corrected chi connectivity index (χ4v) is 5.15. The molecule has 224 valence electrons. The summed E-state index contributed by atoms with van der Waals surface area (Å²) in [6, 6.07) is 24.5. The quantitative estimate of drug-likeness (QED) is 0.268. The lowest BCUT2D eigenvalue weighted by molar-refractivity contribution is -0.128. The van der Waals surface area contributed by atoms with E-state index in [0.29, 0.717) is 28.2 Å². The van der Waals surface area contributed by atoms with Crippen LogP contribution in [0.2, 0.25) is 0 Å². The number of amides is 4. The van der Waals surface area contributed by atoms with E-state index < -0.39 is 35.7 Å². The fraction of sp³-hybridized carbons (Fsp3) is 0.206. The Morgan fingerprint density at radius 1 is 0.841 bits per heavy atom. The molecule has 0 saturated carbocycles. The molecule has 4 amide bonds. The van der Waals surface area contributed by atoms with Crippen LogP contribution >= 0.6 is 0 Å². The number of rotatable bonds is 8. The van der Waals surface area contributed by atoms with Gasteiger partial charge < -0.3 is 20.9 Å². The highest BCUT2D eigenvalue weighted by molar-refractivity contribution is 6.15. The normalized spacial score (nSPS) is 15.2. The fourth-order valence-electron chi connectivity index (χ4n) is 5.15. The number of hydrogen-bond acceptors (Lipinski definition) is 6. The van der Waals surface area contributed by atoms with E-state index >= 15 is 0 Å². The Morgan fingerprint density at radius 3 is 2.18 bits per heavy atom. The molecule has 4 aromatic rings. The second kappa shape index (κ2) is 12.9. The lowest BCUT2D eigenvalue weighted by atomic mass is 10.1. The van der Waals surface area contributed by atoms with E-state index in [2.05, 4.69) is 16.0 Å². The van der Waals surface area contributed by atoms with Gasteiger partial charge in [0.2, 0.25) is 11.8 Å². The number of nitrogens with one attached hydrogen (secondary N) is 3. The first-order chi connectivity index (χ1) is 21.2. The largest absolute Gasteiger partial charge is 0.341 e. The Labute approximate surface area is 255 Å². The molecule has 10 nitrogen and oxygen atoms in total. The zero-order valence-corrected chi connectivity index (χ0v) is 24.7. The van der Waals surface area contributed by atoms with Crippen LogP contribution in [0.3, 0.4) is 0 Å². The molecule has 2 atom stereocenters. The molecule has 0 spiro atoms. The lowest BCUT2D eigenvalue weighted by Crippen LogP contribution is -2.56. The van der Waals surface area contributed by atoms with Crippen molar-refractivity contribution < 1.29 is 24.0 Å². The van der Waals surface area contributed by atoms with E-state index in [0.717, 1.165) is 10.8 Å². The smallest absolute Gasteiger partial charge is 0.258 e. The zero-order valence-electron chi connectivity index (χ0n) is 24.7. The molecule has 1 unspecified atom stereocenters. The molecule has 0 fully saturated rings. The van der Waals surface area contributed by atoms with E-state index in [1.807, 2.05) is 36.4 Å². The molecule has 4 aromatic carbocycles. The third kappa shape index (κ3) is 6.20. The number of carbonyl (C=O) groups excluding carboxylic acids is 5. The van der Waals surface area contributed by atoms with E-state index in [1.165, 1.54) is 16.7 Å². The number of carbonyl (C=O) groups is 5. The first-order valence-corrected chi connectivity index (χ1v) is 14.3. The standard InChI is InChI=1S/C34H33N5O5/c1-21(35-3)32(42)37-28-19-38(33(43)25-17-15-23(16-18-25)22(2)40)29-13-6-7-14-30(29)39(34(28)44)20-31(41)36-27-12-8-10-24-9-4-5-11-26(24)27/h4-18,21,28,35H,19-20H2,1-3H3,(H,36,41)(H,37,42)/t21-,28?/m0/s1. The summed E-state index contributed by atoms with van der Waals surface area (Å²) in [4.78, 5) is 69.0. The second-order valence-corrected chi connectivity index (χ2v) is 10.6. The van der Waals surface area contributed by atoms with Gasteiger partial charge in [-0.2, -0.15) is 0 Å². The summed E-state index contributed by atoms with van der Waals surface area (Å²) in [5, 5.41) is 10.3. The average molecular weight is 592 g/mol. The Hall–Kier alpha value is -5.35. The number of para-hydroxylation sites is 2. The molecule has 44 heavy (non-hydrogen) atoms. The number of ketones is 1. The van der Waals surface area contributed by atoms with Gasteiger partial charge in [0.25, 0.3) is 11.8 Å². The highest BCUT2D eigenvalue weighted by Gasteiger charge is 2.38. The number of Topliss-reactive ketones (excluding diaryl/α,β-unsaturated/α-hetero) is 1. The van der Waals surface area contributed by atoms with Gasteiger partial charge in [0.1, 0.15) is 12.6 Å². The Bertz CT molecular complexity index is 1750. The molecule has 3 N–H and O–H groups in total. The number of anilines is 3. The third-order valence-electron chi connectivity index (χ3n) is 7.68. The minimum absolute atomic E-state index is 0.131. The van der Waals surface area contributed by atoms with Crippen molar-refractivity contribution in [3.63, 3.8) is 0 Å². The molecule has 1 heterocycles. The highest BCUT2D eigenvalue weighted by Crippen LogP contribution is 2.34. The van der Waals surface area contributed by atoms with Crippen LogP contribution in [-0.2, 0) is 14.4 Å². The predicted octanol–water partition coefficient (Wildman–Crippen LogP) is 3.77. The maximum Gasteiger partial charge on any atom is 0.258 e. The summed E-state index contributed by atoms with van der Waals surface area (Å²) in [5.74, 6) is -1.98. The Morgan fingerprint density at radius 2 is 1.48 bits per heavy atom. The number of hydrogen-bond donors (Lipinski definition) is 3. The van der Waals surface area contributed by atoms with Gasteiger partial charge in [0, 0.05) is 22.2 Å². The maximum absolute atomic E-state index is 14.1. The number of benzene rings is 4. The van der Waals surface area contributed by atoms with Gasteiger partial charge in [-0.1, -0.05) is 60.7 Å². The lowest BCUT2D eigenvalue weighted by Gasteiger charge is -2.26. The van der Waals surface area contributed by atoms with Crippen LogP contribution in [0.4, 0.5) is 17.1 Å². The van der Waals surface area contributed by atoms with Crippen LogP contribution in [0.1, 0.15) is 34.6 Å². The number of nitrogens with zero attached hydrogens (tertiary/aromatic N) is 2. The maximum atomic E-state index is 14.1. The van der Waals surface area contributed by atoms with Crippen molar-refractivity contribution in [1.29, 1.82) is 0 Å². The second-order valence-electron chi connectivity index (χ2n) is 10.6. The molecule has 0 aliphatic carbocycles. The summed E-state index contributed by atoms with van der Waals surface area (Å²) >= 11 is 0. The van der Waals surface area contributed by atoms with Crippen molar-refractivity contribution in [2.45, 2.75) is 25.9 Å². The Kier molecular flexibility index (Phi) is 8.82. The van der Waals surface area contributed by atoms with Crippen molar-refractivity contribution in [1.82, 2.24) is 10.6 Å². The molecule has 0 aromatic heterocycles. The molecule has 10 heteroatoms. The molecule has 0 saturated heterocycles. The molecular formula is C34H33N5O5. The van der Waals surface area contributed by atoms with Crippen LogP contribution in [0.5, 0.6) is 0 Å². The van der Waals surface area contributed by atoms with Gasteiger partial charge in [-0.3, -0.25) is 28.9 Å². The van der Waals surface area contributed by atoms with Crippen LogP contribution in [-0.4, -0.2) is 61.6 Å². The molecular weight excluding hydrogens is 558 g/mol. The van der Waals surface area contributed by atoms with Gasteiger partial charge in [-0.05, 0) is 56.6 Å². The van der Waals surface area contributed by atoms with Crippen molar-refractivity contribution in [3.8, 4) is 0 Å². The van der Waals surface area contributed by atoms with E-state index in [9.17, 15) is 24.0 Å². The summed E-state index contributed by atoms with van der Waals surface area (Å²) in [5.41, 5.74) is 2.10. The first-order valence-electron chi connectivity index (χ1n) is 14.3. The van der Waals surface area contributed by atoms with Crippen molar-refractivity contribution in [3.05, 3.63) is 102 Å². The monoisotopic (exact) mass is 591 g/mol. The van der Waals surface area contributed by atoms with Gasteiger partial charge in [0.05, 0.1) is 24.0 Å². The number of likely N-dealkylation sites (N-methyl/N-ethyl adjacent to an activating group) is 1. The third-order valence-corrected chi connectivity index (χ3v) is 7.68. The Balaban J connectivity index is 1.51. The summed E-state index contributed by atoms with van der Waals surface area (Å²) in [7, 11) is 1.62. The molecule has 1 aliphatic rings. The average Bonchev–Trinajstić information content (AvgIpc) is 3.15. The molecule has 0 bridgehead atoms. The van der Waals surface area contributed by atoms with Crippen LogP contribution in [0.15, 0.2) is 91.0 Å². The van der Waals surface area contributed by atoms with Gasteiger partial charge >= 0.3 is 0 Å². The van der Waals surface area contributed by atoms with Crippen LogP contribution in [0.25, 0.3) is 10.8 Å². The summed E-state index contributed by atoms with van der Waals surface area (Å²) in [6.07, 6.45) is 0. The van der Waals surface area contributed by atoms with Crippen LogP contribution in [0, 0.1) is 0 Å². The van der Waals surface area contributed by atoms with Crippen molar-refractivity contribution in [2.75, 3.05) is 35.3 Å². The van der Waals surface area contributed by atoms with Gasteiger partial charge in [-0.15, -0.1) is 0 Å². The summed E-state index contributed by atoms with van der Waals surface area (Å²) < 4.78 is 0.